The Labute approximate surface area is 159 Å². The second-order valence-corrected chi connectivity index (χ2v) is 5.72. The third-order valence-electron chi connectivity index (χ3n) is 3.70. The second-order valence-electron chi connectivity index (χ2n) is 5.72. The molecule has 2 aromatic rings. The zero-order valence-electron chi connectivity index (χ0n) is 15.3. The van der Waals surface area contributed by atoms with Gasteiger partial charge in [0.15, 0.2) is 6.10 Å². The molecule has 28 heavy (non-hydrogen) atoms. The second kappa shape index (κ2) is 8.64. The van der Waals surface area contributed by atoms with Crippen LogP contribution in [0.4, 0.5) is 18.9 Å². The van der Waals surface area contributed by atoms with Crippen molar-refractivity contribution in [3.05, 3.63) is 53.6 Å². The van der Waals surface area contributed by atoms with Crippen LogP contribution in [0.1, 0.15) is 22.8 Å². The molecule has 0 saturated carbocycles. The molecule has 0 spiro atoms. The maximum Gasteiger partial charge on any atom is 0.416 e. The highest BCUT2D eigenvalue weighted by Gasteiger charge is 2.30. The van der Waals surface area contributed by atoms with Crippen molar-refractivity contribution in [2.75, 3.05) is 19.5 Å². The van der Waals surface area contributed by atoms with Crippen LogP contribution in [0, 0.1) is 0 Å². The largest absolute Gasteiger partial charge is 0.497 e. The van der Waals surface area contributed by atoms with Crippen molar-refractivity contribution in [3.63, 3.8) is 0 Å². The van der Waals surface area contributed by atoms with Crippen molar-refractivity contribution in [2.45, 2.75) is 19.2 Å². The number of rotatable bonds is 6. The number of alkyl halides is 3. The number of amides is 1. The lowest BCUT2D eigenvalue weighted by Gasteiger charge is -2.15. The molecule has 2 rings (SSSR count). The van der Waals surface area contributed by atoms with E-state index in [0.717, 1.165) is 18.2 Å². The van der Waals surface area contributed by atoms with Crippen LogP contribution in [0.2, 0.25) is 0 Å². The maximum atomic E-state index is 12.7. The van der Waals surface area contributed by atoms with Crippen LogP contribution in [0.3, 0.4) is 0 Å². The third kappa shape index (κ3) is 5.38. The van der Waals surface area contributed by atoms with E-state index in [9.17, 15) is 22.8 Å². The van der Waals surface area contributed by atoms with Crippen molar-refractivity contribution >= 4 is 17.6 Å². The first-order chi connectivity index (χ1) is 13.1. The first-order valence-electron chi connectivity index (χ1n) is 8.06. The van der Waals surface area contributed by atoms with E-state index in [1.165, 1.54) is 39.3 Å². The number of carbonyl (C=O) groups excluding carboxylic acids is 2. The van der Waals surface area contributed by atoms with Crippen LogP contribution in [0.5, 0.6) is 11.5 Å². The number of carbonyl (C=O) groups is 2. The molecule has 1 atom stereocenters. The highest BCUT2D eigenvalue weighted by molar-refractivity contribution is 5.97. The molecule has 0 aliphatic rings. The van der Waals surface area contributed by atoms with Crippen molar-refractivity contribution in [1.82, 2.24) is 0 Å². The zero-order chi connectivity index (χ0) is 20.9. The summed E-state index contributed by atoms with van der Waals surface area (Å²) in [5.74, 6) is -0.883. The molecule has 0 heterocycles. The van der Waals surface area contributed by atoms with Gasteiger partial charge in [-0.05, 0) is 37.3 Å². The fourth-order valence-electron chi connectivity index (χ4n) is 2.22. The molecule has 9 heteroatoms. The van der Waals surface area contributed by atoms with Gasteiger partial charge >= 0.3 is 12.1 Å². The summed E-state index contributed by atoms with van der Waals surface area (Å²) >= 11 is 0. The highest BCUT2D eigenvalue weighted by Crippen LogP contribution is 2.30. The molecule has 0 bridgehead atoms. The normalized spacial score (nSPS) is 12.1. The minimum absolute atomic E-state index is 0.0641. The van der Waals surface area contributed by atoms with Gasteiger partial charge in [0.2, 0.25) is 0 Å². The third-order valence-corrected chi connectivity index (χ3v) is 3.70. The van der Waals surface area contributed by atoms with Gasteiger partial charge in [0.1, 0.15) is 11.5 Å². The van der Waals surface area contributed by atoms with E-state index >= 15 is 0 Å². The minimum Gasteiger partial charge on any atom is -0.497 e. The molecule has 0 fully saturated rings. The van der Waals surface area contributed by atoms with E-state index in [2.05, 4.69) is 5.32 Å². The molecule has 0 aliphatic heterocycles. The Bertz CT molecular complexity index is 845. The first kappa shape index (κ1) is 21.1. The molecule has 150 valence electrons. The Morgan fingerprint density at radius 1 is 1.00 bits per heavy atom. The molecule has 1 amide bonds. The number of hydrogen-bond acceptors (Lipinski definition) is 5. The summed E-state index contributed by atoms with van der Waals surface area (Å²) in [6.45, 7) is 1.30. The van der Waals surface area contributed by atoms with Crippen molar-refractivity contribution in [1.29, 1.82) is 0 Å². The van der Waals surface area contributed by atoms with Crippen LogP contribution in [-0.2, 0) is 15.7 Å². The van der Waals surface area contributed by atoms with E-state index in [0.29, 0.717) is 11.5 Å². The number of hydrogen-bond donors (Lipinski definition) is 1. The van der Waals surface area contributed by atoms with Gasteiger partial charge < -0.3 is 19.5 Å². The number of halogens is 3. The summed E-state index contributed by atoms with van der Waals surface area (Å²) < 4.78 is 53.4. The smallest absolute Gasteiger partial charge is 0.416 e. The standard InChI is InChI=1S/C19H18F3NO5/c1-11(17(24)23-14-6-4-5-13(9-14)19(20,21)22)28-18(25)12-7-15(26-2)10-16(8-12)27-3/h4-11H,1-3H3,(H,23,24). The Morgan fingerprint density at radius 2 is 1.61 bits per heavy atom. The summed E-state index contributed by atoms with van der Waals surface area (Å²) in [7, 11) is 2.82. The average molecular weight is 397 g/mol. The van der Waals surface area contributed by atoms with Gasteiger partial charge in [0, 0.05) is 11.8 Å². The van der Waals surface area contributed by atoms with E-state index in [1.807, 2.05) is 0 Å². The fraction of sp³-hybridized carbons (Fsp3) is 0.263. The minimum atomic E-state index is -4.54. The molecule has 1 N–H and O–H groups in total. The molecule has 0 radical (unpaired) electrons. The highest BCUT2D eigenvalue weighted by atomic mass is 19.4. The number of esters is 1. The van der Waals surface area contributed by atoms with E-state index in [4.69, 9.17) is 14.2 Å². The molecule has 2 aromatic carbocycles. The molecule has 1 unspecified atom stereocenters. The first-order valence-corrected chi connectivity index (χ1v) is 8.06. The van der Waals surface area contributed by atoms with Crippen LogP contribution in [0.15, 0.2) is 42.5 Å². The Balaban J connectivity index is 2.07. The lowest BCUT2D eigenvalue weighted by Crippen LogP contribution is -2.30. The van der Waals surface area contributed by atoms with Crippen molar-refractivity contribution in [3.8, 4) is 11.5 Å². The van der Waals surface area contributed by atoms with Crippen LogP contribution in [0.25, 0.3) is 0 Å². The van der Waals surface area contributed by atoms with Crippen molar-refractivity contribution in [2.24, 2.45) is 0 Å². The SMILES string of the molecule is COc1cc(OC)cc(C(=O)OC(C)C(=O)Nc2cccc(C(F)(F)F)c2)c1. The molecular weight excluding hydrogens is 379 g/mol. The van der Waals surface area contributed by atoms with E-state index in [1.54, 1.807) is 6.07 Å². The number of nitrogens with one attached hydrogen (secondary N) is 1. The van der Waals surface area contributed by atoms with Gasteiger partial charge in [-0.1, -0.05) is 6.07 Å². The van der Waals surface area contributed by atoms with Gasteiger partial charge in [-0.2, -0.15) is 13.2 Å². The molecular formula is C19H18F3NO5. The molecule has 0 aromatic heterocycles. The quantitative estimate of drug-likeness (QED) is 0.749. The Kier molecular flexibility index (Phi) is 6.50. The Hall–Kier alpha value is -3.23. The predicted molar refractivity (Wildman–Crippen MR) is 94.5 cm³/mol. The van der Waals surface area contributed by atoms with Gasteiger partial charge in [0.05, 0.1) is 25.3 Å². The monoisotopic (exact) mass is 397 g/mol. The van der Waals surface area contributed by atoms with E-state index < -0.39 is 29.7 Å². The predicted octanol–water partition coefficient (Wildman–Crippen LogP) is 3.91. The summed E-state index contributed by atoms with van der Waals surface area (Å²) in [5.41, 5.74) is -0.876. The van der Waals surface area contributed by atoms with Gasteiger partial charge in [0.25, 0.3) is 5.91 Å². The molecule has 0 saturated heterocycles. The fourth-order valence-corrected chi connectivity index (χ4v) is 2.22. The zero-order valence-corrected chi connectivity index (χ0v) is 15.3. The van der Waals surface area contributed by atoms with E-state index in [-0.39, 0.29) is 11.3 Å². The number of benzene rings is 2. The number of ether oxygens (including phenoxy) is 3. The summed E-state index contributed by atoms with van der Waals surface area (Å²) in [6, 6.07) is 8.51. The summed E-state index contributed by atoms with van der Waals surface area (Å²) in [5, 5.41) is 2.29. The average Bonchev–Trinajstić information content (AvgIpc) is 2.66. The van der Waals surface area contributed by atoms with Crippen LogP contribution in [-0.4, -0.2) is 32.2 Å². The lowest BCUT2D eigenvalue weighted by molar-refractivity contribution is -0.137. The van der Waals surface area contributed by atoms with Crippen molar-refractivity contribution < 1.29 is 37.0 Å². The molecule has 0 aliphatic carbocycles. The van der Waals surface area contributed by atoms with Gasteiger partial charge in [-0.3, -0.25) is 4.79 Å². The lowest BCUT2D eigenvalue weighted by atomic mass is 10.2. The van der Waals surface area contributed by atoms with Gasteiger partial charge in [-0.25, -0.2) is 4.79 Å². The maximum absolute atomic E-state index is 12.7. The van der Waals surface area contributed by atoms with Crippen LogP contribution >= 0.6 is 0 Å². The van der Waals surface area contributed by atoms with Gasteiger partial charge in [-0.15, -0.1) is 0 Å². The summed E-state index contributed by atoms with van der Waals surface area (Å²) in [4.78, 5) is 24.4. The number of anilines is 1. The Morgan fingerprint density at radius 3 is 2.14 bits per heavy atom. The molecule has 6 nitrogen and oxygen atoms in total. The topological polar surface area (TPSA) is 73.9 Å². The number of methoxy groups -OCH3 is 2. The summed E-state index contributed by atoms with van der Waals surface area (Å²) in [6.07, 6.45) is -5.79. The van der Waals surface area contributed by atoms with Crippen LogP contribution < -0.4 is 14.8 Å².